The van der Waals surface area contributed by atoms with Crippen molar-refractivity contribution in [3.05, 3.63) is 53.1 Å². The number of methoxy groups -OCH3 is 1. The van der Waals surface area contributed by atoms with Crippen LogP contribution in [0.15, 0.2) is 42.5 Å². The van der Waals surface area contributed by atoms with Crippen molar-refractivity contribution in [1.82, 2.24) is 4.90 Å². The molecule has 1 amide bonds. The van der Waals surface area contributed by atoms with Gasteiger partial charge in [-0.1, -0.05) is 23.7 Å². The van der Waals surface area contributed by atoms with Gasteiger partial charge in [-0.05, 0) is 42.3 Å². The lowest BCUT2D eigenvalue weighted by Crippen LogP contribution is -2.51. The molecule has 0 aromatic heterocycles. The minimum atomic E-state index is -0.145. The standard InChI is InChI=1S/C21H23ClN2O3/c1-26-20-5-3-2-4-18(20)23-8-10-24(11-9-23)21(25)16-12-15-13-17(22)6-7-19(15)27-14-16/h2-7,13,16H,8-12,14H2,1H3/t16-/m1/s1. The molecule has 2 aromatic carbocycles. The van der Waals surface area contributed by atoms with E-state index >= 15 is 0 Å². The molecule has 0 saturated carbocycles. The van der Waals surface area contributed by atoms with Crippen molar-refractivity contribution in [2.45, 2.75) is 6.42 Å². The van der Waals surface area contributed by atoms with Crippen LogP contribution in [0.25, 0.3) is 0 Å². The molecule has 2 aromatic rings. The molecule has 0 bridgehead atoms. The highest BCUT2D eigenvalue weighted by atomic mass is 35.5. The molecule has 6 heteroatoms. The van der Waals surface area contributed by atoms with Gasteiger partial charge in [0.2, 0.25) is 5.91 Å². The van der Waals surface area contributed by atoms with Gasteiger partial charge in [0.25, 0.3) is 0 Å². The highest BCUT2D eigenvalue weighted by molar-refractivity contribution is 6.30. The number of hydrogen-bond donors (Lipinski definition) is 0. The molecule has 0 spiro atoms. The lowest BCUT2D eigenvalue weighted by Gasteiger charge is -2.38. The monoisotopic (exact) mass is 386 g/mol. The third kappa shape index (κ3) is 3.69. The van der Waals surface area contributed by atoms with Gasteiger partial charge in [-0.3, -0.25) is 4.79 Å². The predicted molar refractivity (Wildman–Crippen MR) is 106 cm³/mol. The number of benzene rings is 2. The van der Waals surface area contributed by atoms with E-state index in [1.807, 2.05) is 41.3 Å². The van der Waals surface area contributed by atoms with Crippen LogP contribution in [0.3, 0.4) is 0 Å². The van der Waals surface area contributed by atoms with Gasteiger partial charge in [0.15, 0.2) is 0 Å². The van der Waals surface area contributed by atoms with E-state index in [9.17, 15) is 4.79 Å². The predicted octanol–water partition coefficient (Wildman–Crippen LogP) is 3.25. The van der Waals surface area contributed by atoms with E-state index in [2.05, 4.69) is 11.0 Å². The van der Waals surface area contributed by atoms with Crippen LogP contribution in [-0.2, 0) is 11.2 Å². The number of halogens is 1. The van der Waals surface area contributed by atoms with E-state index in [1.54, 1.807) is 7.11 Å². The zero-order valence-electron chi connectivity index (χ0n) is 15.4. The second-order valence-corrected chi connectivity index (χ2v) is 7.38. The average molecular weight is 387 g/mol. The number of piperazine rings is 1. The number of carbonyl (C=O) groups is 1. The highest BCUT2D eigenvalue weighted by Gasteiger charge is 2.31. The van der Waals surface area contributed by atoms with Crippen molar-refractivity contribution in [2.24, 2.45) is 5.92 Å². The number of ether oxygens (including phenoxy) is 2. The molecule has 0 radical (unpaired) electrons. The molecule has 2 aliphatic heterocycles. The summed E-state index contributed by atoms with van der Waals surface area (Å²) in [6.45, 7) is 3.43. The number of anilines is 1. The van der Waals surface area contributed by atoms with Gasteiger partial charge in [0.1, 0.15) is 18.1 Å². The summed E-state index contributed by atoms with van der Waals surface area (Å²) in [4.78, 5) is 17.2. The molecular formula is C21H23ClN2O3. The fourth-order valence-corrected chi connectivity index (χ4v) is 4.03. The lowest BCUT2D eigenvalue weighted by atomic mass is 9.95. The minimum Gasteiger partial charge on any atom is -0.495 e. The maximum absolute atomic E-state index is 13.0. The van der Waals surface area contributed by atoms with Crippen LogP contribution >= 0.6 is 11.6 Å². The first-order valence-electron chi connectivity index (χ1n) is 9.23. The maximum atomic E-state index is 13.0. The summed E-state index contributed by atoms with van der Waals surface area (Å²) in [6, 6.07) is 13.6. The van der Waals surface area contributed by atoms with Crippen LogP contribution in [0.4, 0.5) is 5.69 Å². The summed E-state index contributed by atoms with van der Waals surface area (Å²) in [7, 11) is 1.69. The molecule has 2 heterocycles. The van der Waals surface area contributed by atoms with Gasteiger partial charge in [-0.15, -0.1) is 0 Å². The maximum Gasteiger partial charge on any atom is 0.229 e. The molecule has 2 aliphatic rings. The molecule has 5 nitrogen and oxygen atoms in total. The summed E-state index contributed by atoms with van der Waals surface area (Å²) in [5.74, 6) is 1.73. The Balaban J connectivity index is 1.39. The number of amides is 1. The van der Waals surface area contributed by atoms with Crippen LogP contribution in [0.2, 0.25) is 5.02 Å². The molecular weight excluding hydrogens is 364 g/mol. The van der Waals surface area contributed by atoms with Crippen molar-refractivity contribution < 1.29 is 14.3 Å². The summed E-state index contributed by atoms with van der Waals surface area (Å²) < 4.78 is 11.3. The van der Waals surface area contributed by atoms with E-state index in [4.69, 9.17) is 21.1 Å². The molecule has 4 rings (SSSR count). The zero-order valence-corrected chi connectivity index (χ0v) is 16.1. The fraction of sp³-hybridized carbons (Fsp3) is 0.381. The Morgan fingerprint density at radius 3 is 2.70 bits per heavy atom. The number of hydrogen-bond acceptors (Lipinski definition) is 4. The van der Waals surface area contributed by atoms with E-state index in [-0.39, 0.29) is 11.8 Å². The Bertz CT molecular complexity index is 834. The van der Waals surface area contributed by atoms with Crippen molar-refractivity contribution in [2.75, 3.05) is 44.8 Å². The van der Waals surface area contributed by atoms with E-state index in [1.165, 1.54) is 0 Å². The van der Waals surface area contributed by atoms with Gasteiger partial charge in [-0.25, -0.2) is 0 Å². The smallest absolute Gasteiger partial charge is 0.229 e. The Hall–Kier alpha value is -2.40. The molecule has 0 aliphatic carbocycles. The van der Waals surface area contributed by atoms with Gasteiger partial charge in [0.05, 0.1) is 18.7 Å². The number of fused-ring (bicyclic) bond motifs is 1. The van der Waals surface area contributed by atoms with E-state index in [0.717, 1.165) is 35.8 Å². The number of carbonyl (C=O) groups excluding carboxylic acids is 1. The summed E-state index contributed by atoms with van der Waals surface area (Å²) in [6.07, 6.45) is 0.682. The summed E-state index contributed by atoms with van der Waals surface area (Å²) in [5.41, 5.74) is 2.09. The Morgan fingerprint density at radius 1 is 1.15 bits per heavy atom. The SMILES string of the molecule is COc1ccccc1N1CCN(C(=O)[C@H]2COc3ccc(Cl)cc3C2)CC1. The van der Waals surface area contributed by atoms with E-state index in [0.29, 0.717) is 31.1 Å². The molecule has 0 N–H and O–H groups in total. The molecule has 1 fully saturated rings. The second kappa shape index (κ2) is 7.69. The van der Waals surface area contributed by atoms with Gasteiger partial charge in [0, 0.05) is 31.2 Å². The normalized spacial score (nSPS) is 19.3. The van der Waals surface area contributed by atoms with Crippen LogP contribution in [0.1, 0.15) is 5.56 Å². The number of nitrogens with zero attached hydrogens (tertiary/aromatic N) is 2. The van der Waals surface area contributed by atoms with Crippen LogP contribution in [-0.4, -0.2) is 50.7 Å². The zero-order chi connectivity index (χ0) is 18.8. The Morgan fingerprint density at radius 2 is 1.93 bits per heavy atom. The minimum absolute atomic E-state index is 0.145. The number of rotatable bonds is 3. The highest BCUT2D eigenvalue weighted by Crippen LogP contribution is 2.31. The van der Waals surface area contributed by atoms with Crippen LogP contribution in [0.5, 0.6) is 11.5 Å². The quantitative estimate of drug-likeness (QED) is 0.812. The topological polar surface area (TPSA) is 42.0 Å². The lowest BCUT2D eigenvalue weighted by molar-refractivity contribution is -0.137. The molecule has 1 saturated heterocycles. The molecule has 1 atom stereocenters. The van der Waals surface area contributed by atoms with Crippen LogP contribution in [0, 0.1) is 5.92 Å². The molecule has 142 valence electrons. The average Bonchev–Trinajstić information content (AvgIpc) is 2.72. The summed E-state index contributed by atoms with van der Waals surface area (Å²) in [5, 5.41) is 0.677. The van der Waals surface area contributed by atoms with E-state index < -0.39 is 0 Å². The third-order valence-corrected chi connectivity index (χ3v) is 5.53. The fourth-order valence-electron chi connectivity index (χ4n) is 3.84. The van der Waals surface area contributed by atoms with Crippen molar-refractivity contribution >= 4 is 23.2 Å². The van der Waals surface area contributed by atoms with Crippen molar-refractivity contribution in [3.8, 4) is 11.5 Å². The first-order chi connectivity index (χ1) is 13.2. The van der Waals surface area contributed by atoms with Crippen LogP contribution < -0.4 is 14.4 Å². The van der Waals surface area contributed by atoms with Gasteiger partial charge < -0.3 is 19.3 Å². The first-order valence-corrected chi connectivity index (χ1v) is 9.61. The van der Waals surface area contributed by atoms with Gasteiger partial charge in [-0.2, -0.15) is 0 Å². The third-order valence-electron chi connectivity index (χ3n) is 5.30. The summed E-state index contributed by atoms with van der Waals surface area (Å²) >= 11 is 6.08. The second-order valence-electron chi connectivity index (χ2n) is 6.95. The van der Waals surface area contributed by atoms with Crippen molar-refractivity contribution in [3.63, 3.8) is 0 Å². The van der Waals surface area contributed by atoms with Crippen molar-refractivity contribution in [1.29, 1.82) is 0 Å². The largest absolute Gasteiger partial charge is 0.495 e. The number of para-hydroxylation sites is 2. The molecule has 0 unspecified atom stereocenters. The van der Waals surface area contributed by atoms with Gasteiger partial charge >= 0.3 is 0 Å². The Labute approximate surface area is 164 Å². The Kier molecular flexibility index (Phi) is 5.12. The first kappa shape index (κ1) is 18.0. The molecule has 27 heavy (non-hydrogen) atoms.